The van der Waals surface area contributed by atoms with Crippen LogP contribution in [0.1, 0.15) is 92.9 Å². The van der Waals surface area contributed by atoms with E-state index < -0.39 is 143 Å². The first kappa shape index (κ1) is 79.0. The molecule has 0 aromatic heterocycles. The van der Waals surface area contributed by atoms with Crippen LogP contribution in [0.3, 0.4) is 0 Å². The summed E-state index contributed by atoms with van der Waals surface area (Å²) in [7, 11) is 3.21. The van der Waals surface area contributed by atoms with Gasteiger partial charge >= 0.3 is 11.9 Å². The number of nitrogens with zero attached hydrogens (tertiary/aromatic N) is 2. The van der Waals surface area contributed by atoms with Crippen LogP contribution in [0, 0.1) is 11.3 Å². The highest BCUT2D eigenvalue weighted by molar-refractivity contribution is 5.99. The van der Waals surface area contributed by atoms with Crippen molar-refractivity contribution in [2.45, 2.75) is 159 Å². The summed E-state index contributed by atoms with van der Waals surface area (Å²) in [6.07, 6.45) is 2.62. The van der Waals surface area contributed by atoms with Crippen LogP contribution in [0.25, 0.3) is 21.5 Å². The zero-order valence-electron chi connectivity index (χ0n) is 61.3. The minimum atomic E-state index is -1.59. The molecular formula is C80H97N11O16. The van der Waals surface area contributed by atoms with E-state index in [1.165, 1.54) is 34.1 Å². The molecule has 7 aliphatic heterocycles. The highest BCUT2D eigenvalue weighted by Gasteiger charge is 2.48. The molecular weight excluding hydrogens is 1370 g/mol. The van der Waals surface area contributed by atoms with Gasteiger partial charge < -0.3 is 82.1 Å². The van der Waals surface area contributed by atoms with Crippen molar-refractivity contribution in [1.82, 2.24) is 57.7 Å². The number of ether oxygens (including phenoxy) is 3. The van der Waals surface area contributed by atoms with Crippen LogP contribution in [0.5, 0.6) is 5.75 Å². The van der Waals surface area contributed by atoms with E-state index in [1.807, 2.05) is 72.8 Å². The van der Waals surface area contributed by atoms with Gasteiger partial charge in [-0.3, -0.25) is 43.2 Å². The normalized spacial score (nSPS) is 23.1. The van der Waals surface area contributed by atoms with Gasteiger partial charge in [-0.1, -0.05) is 136 Å². The van der Waals surface area contributed by atoms with Gasteiger partial charge in [0.1, 0.15) is 60.7 Å². The Morgan fingerprint density at radius 3 is 1.55 bits per heavy atom. The molecule has 9 amide bonds. The van der Waals surface area contributed by atoms with E-state index in [4.69, 9.17) is 14.2 Å². The highest BCUT2D eigenvalue weighted by Crippen LogP contribution is 2.30. The fraction of sp³-hybridized carbons (Fsp3) is 0.438. The predicted octanol–water partition coefficient (Wildman–Crippen LogP) is 3.66. The lowest BCUT2D eigenvalue weighted by atomic mass is 9.85. The van der Waals surface area contributed by atoms with E-state index in [0.717, 1.165) is 21.5 Å². The van der Waals surface area contributed by atoms with Crippen molar-refractivity contribution in [3.63, 3.8) is 0 Å². The monoisotopic (exact) mass is 1470 g/mol. The van der Waals surface area contributed by atoms with Gasteiger partial charge in [-0.25, -0.2) is 9.59 Å². The van der Waals surface area contributed by atoms with Crippen LogP contribution < -0.4 is 52.6 Å². The van der Waals surface area contributed by atoms with Gasteiger partial charge in [0.2, 0.25) is 47.3 Å². The van der Waals surface area contributed by atoms with Crippen LogP contribution in [-0.4, -0.2) is 211 Å². The van der Waals surface area contributed by atoms with Crippen molar-refractivity contribution >= 4 is 86.6 Å². The number of nitrogens with one attached hydrogen (secondary N) is 9. The predicted molar refractivity (Wildman–Crippen MR) is 398 cm³/mol. The molecule has 7 aliphatic rings. The molecule has 3 saturated heterocycles. The average molecular weight is 1470 g/mol. The van der Waals surface area contributed by atoms with Gasteiger partial charge in [0.15, 0.2) is 0 Å². The molecule has 3 fully saturated rings. The van der Waals surface area contributed by atoms with Crippen LogP contribution in [0.4, 0.5) is 0 Å². The summed E-state index contributed by atoms with van der Waals surface area (Å²) in [5.74, 6) is -8.74. The van der Waals surface area contributed by atoms with Crippen molar-refractivity contribution in [2.24, 2.45) is 11.3 Å². The van der Waals surface area contributed by atoms with Crippen LogP contribution >= 0.6 is 0 Å². The summed E-state index contributed by atoms with van der Waals surface area (Å²) in [4.78, 5) is 161. The smallest absolute Gasteiger partial charge is 0.326 e. The summed E-state index contributed by atoms with van der Waals surface area (Å²) < 4.78 is 18.0. The fourth-order valence-corrected chi connectivity index (χ4v) is 13.9. The Kier molecular flexibility index (Phi) is 26.7. The standard InChI is InChI=1S/C80H97N11O16/c1-46(81-6)69(92)88-67(54-30-34-105-35-31-54)76(99)91-45-60-43-66(91)75(98)85-62(41-51-21-25-53-15-9-11-17-57(53)37-51)73(96)86-63(78(101)102)38-48-18-26-55(27-19-48)71(94)83-58-42-65(90(44-58)77(100)68(80(3,4)5)89-70(93)47(2)82-7)74(97)84-61(40-50-20-24-52-14-8-10-16-56(52)36-50)72(95)87-64(79(103)104)39-49-22-28-59(29-23-49)106-32-12-13-33-107-60/h8-29,36-37,46-47,54,58,60-68,81-82H,30-35,38-45H2,1-7H3,(H,83,94)(H,84,97)(H,85,98)(H,86,96)(H,87,95)(H,88,92)(H,89,93)(H,101,102)(H,103,104). The molecule has 27 heteroatoms. The van der Waals surface area contributed by atoms with Gasteiger partial charge in [0.05, 0.1) is 24.8 Å². The molecule has 0 spiro atoms. The third kappa shape index (κ3) is 20.7. The molecule has 0 aliphatic carbocycles. The van der Waals surface area contributed by atoms with E-state index in [-0.39, 0.29) is 76.3 Å². The number of carboxylic acid groups (broad SMARTS) is 2. The number of likely N-dealkylation sites (N-methyl/N-ethyl adjacent to an activating group) is 2. The Bertz CT molecular complexity index is 4260. The maximum Gasteiger partial charge on any atom is 0.326 e. The second-order valence-corrected chi connectivity index (χ2v) is 29.1. The molecule has 11 N–H and O–H groups in total. The molecule has 12 unspecified atom stereocenters. The van der Waals surface area contributed by atoms with Crippen molar-refractivity contribution in [3.8, 4) is 5.75 Å². The number of hydrogen-bond acceptors (Lipinski definition) is 16. The summed E-state index contributed by atoms with van der Waals surface area (Å²) in [6.45, 7) is 8.93. The van der Waals surface area contributed by atoms with E-state index >= 15 is 19.2 Å². The lowest BCUT2D eigenvalue weighted by molar-refractivity contribution is -0.145. The first-order valence-corrected chi connectivity index (χ1v) is 36.4. The van der Waals surface area contributed by atoms with E-state index in [9.17, 15) is 43.8 Å². The van der Waals surface area contributed by atoms with Crippen molar-refractivity contribution in [3.05, 3.63) is 173 Å². The summed E-state index contributed by atoms with van der Waals surface area (Å²) in [6, 6.07) is 25.5. The quantitative estimate of drug-likeness (QED) is 0.0653. The molecule has 12 atom stereocenters. The summed E-state index contributed by atoms with van der Waals surface area (Å²) in [5, 5.41) is 50.6. The van der Waals surface area contributed by atoms with E-state index in [1.54, 1.807) is 97.3 Å². The number of rotatable bonds is 15. The Morgan fingerprint density at radius 1 is 0.551 bits per heavy atom. The topological polar surface area (TPSA) is 371 Å². The van der Waals surface area contributed by atoms with Crippen molar-refractivity contribution in [1.29, 1.82) is 0 Å². The highest BCUT2D eigenvalue weighted by atomic mass is 16.5. The number of hydrogen-bond donors (Lipinski definition) is 11. The third-order valence-electron chi connectivity index (χ3n) is 20.4. The number of amides is 9. The number of carboxylic acids is 2. The molecule has 568 valence electrons. The Balaban J connectivity index is 0.975. The number of carbonyl (C=O) groups is 11. The SMILES string of the molecule is CNC(C)C(=O)NC(C(=O)N1CC2CC1C(=O)NC(Cc1ccc3ccccc3c1)C(=O)NC(C(=O)O)Cc1ccc(cc1)C(=O)NC1CC(C(=O)NC(Cc3ccc4ccccc4c3)C(=O)NC(C(=O)O)Cc3ccc(cc3)OCC=CCO2)N(C(=O)C(NC(=O)C(C)NC)C(C)(C)C)C1)C1CCOCC1. The Labute approximate surface area is 621 Å². The molecule has 107 heavy (non-hydrogen) atoms. The average Bonchev–Trinajstić information content (AvgIpc) is 1.69. The third-order valence-corrected chi connectivity index (χ3v) is 20.4. The minimum absolute atomic E-state index is 0.00649. The van der Waals surface area contributed by atoms with Crippen LogP contribution in [-0.2, 0) is 83.1 Å². The van der Waals surface area contributed by atoms with E-state index in [0.29, 0.717) is 54.1 Å². The Morgan fingerprint density at radius 2 is 1.04 bits per heavy atom. The van der Waals surface area contributed by atoms with Crippen molar-refractivity contribution < 1.29 is 77.2 Å². The molecule has 6 aromatic carbocycles. The molecule has 0 saturated carbocycles. The molecule has 6 aromatic rings. The van der Waals surface area contributed by atoms with Gasteiger partial charge in [-0.15, -0.1) is 0 Å². The lowest BCUT2D eigenvalue weighted by Gasteiger charge is -2.36. The first-order chi connectivity index (χ1) is 51.2. The molecule has 7 heterocycles. The van der Waals surface area contributed by atoms with Crippen molar-refractivity contribution in [2.75, 3.05) is 53.6 Å². The largest absolute Gasteiger partial charge is 0.490 e. The minimum Gasteiger partial charge on any atom is -0.490 e. The van der Waals surface area contributed by atoms with Gasteiger partial charge in [0.25, 0.3) is 5.91 Å². The number of likely N-dealkylation sites (tertiary alicyclic amines) is 2. The maximum absolute atomic E-state index is 15.2. The zero-order valence-corrected chi connectivity index (χ0v) is 61.3. The second kappa shape index (κ2) is 36.1. The molecule has 27 nitrogen and oxygen atoms in total. The van der Waals surface area contributed by atoms with Gasteiger partial charge in [-0.2, -0.15) is 0 Å². The Hall–Kier alpha value is -10.6. The van der Waals surface area contributed by atoms with Gasteiger partial charge in [-0.05, 0) is 133 Å². The summed E-state index contributed by atoms with van der Waals surface area (Å²) in [5.41, 5.74) is 1.29. The lowest BCUT2D eigenvalue weighted by Crippen LogP contribution is -2.61. The summed E-state index contributed by atoms with van der Waals surface area (Å²) >= 11 is 0. The number of benzene rings is 6. The van der Waals surface area contributed by atoms with Crippen LogP contribution in [0.2, 0.25) is 0 Å². The number of fused-ring (bicyclic) bond motifs is 2. The first-order valence-electron chi connectivity index (χ1n) is 36.4. The maximum atomic E-state index is 15.2. The van der Waals surface area contributed by atoms with E-state index in [2.05, 4.69) is 47.9 Å². The number of aliphatic carboxylic acids is 2. The van der Waals surface area contributed by atoms with Gasteiger partial charge in [0, 0.05) is 70.0 Å². The zero-order chi connectivity index (χ0) is 76.6. The second-order valence-electron chi connectivity index (χ2n) is 29.1. The molecule has 13 rings (SSSR count). The fourth-order valence-electron chi connectivity index (χ4n) is 13.9. The number of carbonyl (C=O) groups excluding carboxylic acids is 9. The van der Waals surface area contributed by atoms with Crippen LogP contribution in [0.15, 0.2) is 146 Å². The molecule has 0 radical (unpaired) electrons. The molecule has 8 bridgehead atoms.